The Labute approximate surface area is 177 Å². The number of aromatic nitrogens is 5. The Morgan fingerprint density at radius 2 is 1.77 bits per heavy atom. The summed E-state index contributed by atoms with van der Waals surface area (Å²) in [6.07, 6.45) is 5.13. The zero-order valence-corrected chi connectivity index (χ0v) is 16.7. The van der Waals surface area contributed by atoms with Crippen molar-refractivity contribution in [2.24, 2.45) is 7.05 Å². The largest absolute Gasteiger partial charge is 0.349 e. The number of amides is 1. The number of benzene rings is 1. The average molecular weight is 418 g/mol. The maximum atomic E-state index is 13.5. The van der Waals surface area contributed by atoms with Crippen molar-refractivity contribution in [2.75, 3.05) is 6.54 Å². The van der Waals surface area contributed by atoms with Crippen LogP contribution in [0.15, 0.2) is 71.9 Å². The number of carbonyl (C=O) groups is 1. The minimum absolute atomic E-state index is 0.152. The van der Waals surface area contributed by atoms with Crippen molar-refractivity contribution in [1.29, 1.82) is 0 Å². The fourth-order valence-corrected chi connectivity index (χ4v) is 3.20. The van der Waals surface area contributed by atoms with Crippen LogP contribution >= 0.6 is 0 Å². The second-order valence-corrected chi connectivity index (χ2v) is 6.81. The number of rotatable bonds is 6. The molecule has 4 aromatic rings. The van der Waals surface area contributed by atoms with E-state index in [2.05, 4.69) is 20.5 Å². The SMILES string of the molecule is Cn1nc(C(=O)NCCn2ncc(-c3ccncc3)c2-c2ccc(F)cc2)ccc1=O. The van der Waals surface area contributed by atoms with Gasteiger partial charge in [-0.1, -0.05) is 0 Å². The summed E-state index contributed by atoms with van der Waals surface area (Å²) in [5.41, 5.74) is 3.27. The predicted molar refractivity (Wildman–Crippen MR) is 113 cm³/mol. The van der Waals surface area contributed by atoms with Crippen molar-refractivity contribution in [1.82, 2.24) is 29.9 Å². The van der Waals surface area contributed by atoms with Gasteiger partial charge in [0, 0.05) is 43.2 Å². The van der Waals surface area contributed by atoms with Gasteiger partial charge in [-0.25, -0.2) is 9.07 Å². The lowest BCUT2D eigenvalue weighted by Crippen LogP contribution is -2.30. The van der Waals surface area contributed by atoms with Gasteiger partial charge in [-0.05, 0) is 48.0 Å². The Morgan fingerprint density at radius 3 is 2.48 bits per heavy atom. The lowest BCUT2D eigenvalue weighted by atomic mass is 10.0. The number of hydrogen-bond acceptors (Lipinski definition) is 5. The number of nitrogens with zero attached hydrogens (tertiary/aromatic N) is 5. The molecule has 4 rings (SSSR count). The molecule has 0 aliphatic carbocycles. The zero-order valence-electron chi connectivity index (χ0n) is 16.7. The minimum Gasteiger partial charge on any atom is -0.349 e. The number of halogens is 1. The maximum Gasteiger partial charge on any atom is 0.271 e. The number of aryl methyl sites for hydroxylation is 1. The van der Waals surface area contributed by atoms with Crippen LogP contribution in [-0.2, 0) is 13.6 Å². The molecule has 0 saturated heterocycles. The van der Waals surface area contributed by atoms with Crippen LogP contribution in [0.3, 0.4) is 0 Å². The highest BCUT2D eigenvalue weighted by molar-refractivity contribution is 5.92. The first-order valence-electron chi connectivity index (χ1n) is 9.57. The van der Waals surface area contributed by atoms with Gasteiger partial charge in [-0.2, -0.15) is 10.2 Å². The molecule has 0 aliphatic rings. The quantitative estimate of drug-likeness (QED) is 0.518. The van der Waals surface area contributed by atoms with E-state index in [1.165, 1.54) is 31.3 Å². The lowest BCUT2D eigenvalue weighted by Gasteiger charge is -2.11. The molecule has 0 atom stereocenters. The second kappa shape index (κ2) is 8.70. The highest BCUT2D eigenvalue weighted by Gasteiger charge is 2.15. The summed E-state index contributed by atoms with van der Waals surface area (Å²) in [7, 11) is 1.48. The lowest BCUT2D eigenvalue weighted by molar-refractivity contribution is 0.0944. The van der Waals surface area contributed by atoms with E-state index in [1.807, 2.05) is 12.1 Å². The van der Waals surface area contributed by atoms with Gasteiger partial charge >= 0.3 is 0 Å². The molecular weight excluding hydrogens is 399 g/mol. The first-order chi connectivity index (χ1) is 15.0. The molecule has 9 heteroatoms. The van der Waals surface area contributed by atoms with Gasteiger partial charge in [-0.3, -0.25) is 19.3 Å². The number of carbonyl (C=O) groups excluding carboxylic acids is 1. The molecule has 0 spiro atoms. The molecule has 0 bridgehead atoms. The van der Waals surface area contributed by atoms with Gasteiger partial charge in [-0.15, -0.1) is 0 Å². The van der Waals surface area contributed by atoms with Crippen LogP contribution in [-0.4, -0.2) is 37.0 Å². The van der Waals surface area contributed by atoms with E-state index >= 15 is 0 Å². The molecule has 1 aromatic carbocycles. The number of pyridine rings is 1. The van der Waals surface area contributed by atoms with E-state index < -0.39 is 0 Å². The van der Waals surface area contributed by atoms with Crippen molar-refractivity contribution in [3.8, 4) is 22.4 Å². The van der Waals surface area contributed by atoms with Gasteiger partial charge in [0.15, 0.2) is 0 Å². The fourth-order valence-electron chi connectivity index (χ4n) is 3.20. The highest BCUT2D eigenvalue weighted by Crippen LogP contribution is 2.31. The molecule has 3 heterocycles. The molecule has 0 aliphatic heterocycles. The van der Waals surface area contributed by atoms with Crippen LogP contribution in [0.2, 0.25) is 0 Å². The molecule has 31 heavy (non-hydrogen) atoms. The monoisotopic (exact) mass is 418 g/mol. The van der Waals surface area contributed by atoms with E-state index in [1.54, 1.807) is 35.4 Å². The third-order valence-corrected chi connectivity index (χ3v) is 4.75. The summed E-state index contributed by atoms with van der Waals surface area (Å²) in [5, 5.41) is 11.2. The van der Waals surface area contributed by atoms with Gasteiger partial charge < -0.3 is 5.32 Å². The van der Waals surface area contributed by atoms with Crippen LogP contribution in [0.1, 0.15) is 10.5 Å². The Hall–Kier alpha value is -4.14. The molecular formula is C22H19FN6O2. The number of hydrogen-bond donors (Lipinski definition) is 1. The first-order valence-corrected chi connectivity index (χ1v) is 9.57. The number of nitrogens with one attached hydrogen (secondary N) is 1. The maximum absolute atomic E-state index is 13.5. The molecule has 0 fully saturated rings. The Kier molecular flexibility index (Phi) is 5.65. The van der Waals surface area contributed by atoms with Crippen LogP contribution in [0.4, 0.5) is 4.39 Å². The average Bonchev–Trinajstić information content (AvgIpc) is 3.20. The van der Waals surface area contributed by atoms with E-state index in [-0.39, 0.29) is 29.5 Å². The van der Waals surface area contributed by atoms with Gasteiger partial charge in [0.05, 0.1) is 18.4 Å². The standard InChI is InChI=1S/C22H19FN6O2/c1-28-20(30)7-6-19(27-28)22(31)25-12-13-29-21(16-2-4-17(23)5-3-16)18(14-26-29)15-8-10-24-11-9-15/h2-11,14H,12-13H2,1H3,(H,25,31). The molecule has 0 radical (unpaired) electrons. The topological polar surface area (TPSA) is 94.7 Å². The second-order valence-electron chi connectivity index (χ2n) is 6.81. The summed E-state index contributed by atoms with van der Waals surface area (Å²) in [6, 6.07) is 12.6. The van der Waals surface area contributed by atoms with E-state index in [0.717, 1.165) is 27.1 Å². The van der Waals surface area contributed by atoms with Crippen LogP contribution in [0.25, 0.3) is 22.4 Å². The van der Waals surface area contributed by atoms with Gasteiger partial charge in [0.2, 0.25) is 0 Å². The summed E-state index contributed by atoms with van der Waals surface area (Å²) < 4.78 is 16.3. The normalized spacial score (nSPS) is 10.8. The predicted octanol–water partition coefficient (Wildman–Crippen LogP) is 2.27. The third kappa shape index (κ3) is 4.40. The van der Waals surface area contributed by atoms with E-state index in [4.69, 9.17) is 0 Å². The molecule has 1 amide bonds. The molecule has 0 saturated carbocycles. The minimum atomic E-state index is -0.388. The highest BCUT2D eigenvalue weighted by atomic mass is 19.1. The summed E-state index contributed by atoms with van der Waals surface area (Å²) in [4.78, 5) is 27.8. The van der Waals surface area contributed by atoms with Crippen molar-refractivity contribution in [2.45, 2.75) is 6.54 Å². The zero-order chi connectivity index (χ0) is 21.8. The molecule has 1 N–H and O–H groups in total. The fraction of sp³-hybridized carbons (Fsp3) is 0.136. The molecule has 3 aromatic heterocycles. The summed E-state index contributed by atoms with van der Waals surface area (Å²) >= 11 is 0. The van der Waals surface area contributed by atoms with Gasteiger partial charge in [0.1, 0.15) is 11.5 Å². The smallest absolute Gasteiger partial charge is 0.271 e. The van der Waals surface area contributed by atoms with E-state index in [0.29, 0.717) is 6.54 Å². The van der Waals surface area contributed by atoms with Crippen molar-refractivity contribution in [3.63, 3.8) is 0 Å². The summed E-state index contributed by atoms with van der Waals surface area (Å²) in [5.74, 6) is -0.710. The van der Waals surface area contributed by atoms with Crippen molar-refractivity contribution >= 4 is 5.91 Å². The Morgan fingerprint density at radius 1 is 1.03 bits per heavy atom. The van der Waals surface area contributed by atoms with Gasteiger partial charge in [0.25, 0.3) is 11.5 Å². The van der Waals surface area contributed by atoms with Crippen LogP contribution in [0, 0.1) is 5.82 Å². The molecule has 0 unspecified atom stereocenters. The third-order valence-electron chi connectivity index (χ3n) is 4.75. The Bertz CT molecular complexity index is 1270. The van der Waals surface area contributed by atoms with Crippen LogP contribution < -0.4 is 10.9 Å². The Balaban J connectivity index is 1.57. The first kappa shape index (κ1) is 20.1. The summed E-state index contributed by atoms with van der Waals surface area (Å²) in [6.45, 7) is 0.671. The van der Waals surface area contributed by atoms with Crippen LogP contribution in [0.5, 0.6) is 0 Å². The van der Waals surface area contributed by atoms with Crippen molar-refractivity contribution < 1.29 is 9.18 Å². The van der Waals surface area contributed by atoms with Crippen molar-refractivity contribution in [3.05, 3.63) is 89.0 Å². The van der Waals surface area contributed by atoms with E-state index in [9.17, 15) is 14.0 Å². The molecule has 8 nitrogen and oxygen atoms in total. The molecule has 156 valence electrons.